The van der Waals surface area contributed by atoms with Crippen LogP contribution < -0.4 is 5.73 Å². The Morgan fingerprint density at radius 1 is 1.03 bits per heavy atom. The molecule has 8 heteroatoms. The third kappa shape index (κ3) is 3.37. The van der Waals surface area contributed by atoms with Gasteiger partial charge in [-0.05, 0) is 30.0 Å². The van der Waals surface area contributed by atoms with Crippen LogP contribution in [0, 0.1) is 5.92 Å². The Morgan fingerprint density at radius 3 is 2.31 bits per heavy atom. The fraction of sp³-hybridized carbons (Fsp3) is 0.286. The van der Waals surface area contributed by atoms with E-state index in [1.165, 1.54) is 0 Å². The van der Waals surface area contributed by atoms with Crippen molar-refractivity contribution in [2.45, 2.75) is 26.2 Å². The smallest absolute Gasteiger partial charge is 0.278 e. The number of nitrogen functional groups attached to an aromatic ring is 1. The molecule has 0 aliphatic heterocycles. The Hall–Kier alpha value is -3.55. The molecule has 0 saturated heterocycles. The van der Waals surface area contributed by atoms with Crippen LogP contribution in [0.2, 0.25) is 0 Å². The minimum absolute atomic E-state index is 0.238. The van der Waals surface area contributed by atoms with Crippen LogP contribution in [0.25, 0.3) is 22.7 Å². The molecule has 0 spiro atoms. The molecule has 0 fully saturated rings. The molecule has 3 aromatic heterocycles. The lowest BCUT2D eigenvalue weighted by atomic mass is 9.72. The van der Waals surface area contributed by atoms with Gasteiger partial charge in [0.15, 0.2) is 11.5 Å². The Morgan fingerprint density at radius 2 is 1.72 bits per heavy atom. The molecule has 0 unspecified atom stereocenters. The maximum Gasteiger partial charge on any atom is 0.278 e. The first kappa shape index (κ1) is 18.8. The van der Waals surface area contributed by atoms with E-state index in [-0.39, 0.29) is 11.9 Å². The molecule has 0 radical (unpaired) electrons. The lowest BCUT2D eigenvalue weighted by Crippen LogP contribution is -2.31. The molecule has 29 heavy (non-hydrogen) atoms. The molecular formula is C21H23N7O. The Bertz CT molecular complexity index is 1110. The van der Waals surface area contributed by atoms with E-state index in [4.69, 9.17) is 10.3 Å². The van der Waals surface area contributed by atoms with Crippen molar-refractivity contribution in [3.8, 4) is 22.7 Å². The zero-order valence-electron chi connectivity index (χ0n) is 16.9. The number of benzene rings is 1. The summed E-state index contributed by atoms with van der Waals surface area (Å²) in [7, 11) is 1.85. The van der Waals surface area contributed by atoms with Gasteiger partial charge in [0.25, 0.3) is 5.89 Å². The van der Waals surface area contributed by atoms with Crippen LogP contribution in [0.4, 0.5) is 5.95 Å². The monoisotopic (exact) mass is 389 g/mol. The van der Waals surface area contributed by atoms with E-state index in [2.05, 4.69) is 58.1 Å². The molecule has 0 aliphatic carbocycles. The van der Waals surface area contributed by atoms with Gasteiger partial charge in [-0.15, -0.1) is 0 Å². The molecule has 0 saturated carbocycles. The quantitative estimate of drug-likeness (QED) is 0.556. The van der Waals surface area contributed by atoms with Gasteiger partial charge in [-0.1, -0.05) is 43.3 Å². The van der Waals surface area contributed by atoms with Gasteiger partial charge in [0.2, 0.25) is 5.95 Å². The number of nitrogens with zero attached hydrogens (tertiary/aromatic N) is 6. The van der Waals surface area contributed by atoms with Crippen LogP contribution in [-0.4, -0.2) is 29.9 Å². The largest absolute Gasteiger partial charge is 0.368 e. The van der Waals surface area contributed by atoms with E-state index in [0.29, 0.717) is 17.4 Å². The van der Waals surface area contributed by atoms with Crippen molar-refractivity contribution in [2.75, 3.05) is 5.73 Å². The molecule has 0 bridgehead atoms. The zero-order valence-corrected chi connectivity index (χ0v) is 16.9. The first-order valence-corrected chi connectivity index (χ1v) is 9.40. The van der Waals surface area contributed by atoms with Crippen LogP contribution in [0.5, 0.6) is 0 Å². The Balaban J connectivity index is 1.70. The fourth-order valence-electron chi connectivity index (χ4n) is 3.28. The van der Waals surface area contributed by atoms with E-state index >= 15 is 0 Å². The number of rotatable bonds is 5. The summed E-state index contributed by atoms with van der Waals surface area (Å²) in [6, 6.07) is 10.1. The summed E-state index contributed by atoms with van der Waals surface area (Å²) in [4.78, 5) is 12.8. The predicted molar refractivity (Wildman–Crippen MR) is 110 cm³/mol. The van der Waals surface area contributed by atoms with E-state index < -0.39 is 5.41 Å². The summed E-state index contributed by atoms with van der Waals surface area (Å²) >= 11 is 0. The van der Waals surface area contributed by atoms with Crippen molar-refractivity contribution in [3.05, 3.63) is 60.3 Å². The maximum absolute atomic E-state index is 5.58. The molecule has 148 valence electrons. The van der Waals surface area contributed by atoms with Gasteiger partial charge in [-0.25, -0.2) is 9.97 Å². The van der Waals surface area contributed by atoms with Crippen LogP contribution in [0.1, 0.15) is 32.2 Å². The van der Waals surface area contributed by atoms with E-state index in [1.54, 1.807) is 17.1 Å². The van der Waals surface area contributed by atoms with Gasteiger partial charge >= 0.3 is 0 Å². The third-order valence-corrected chi connectivity index (χ3v) is 5.47. The molecule has 4 rings (SSSR count). The van der Waals surface area contributed by atoms with Crippen LogP contribution in [0.3, 0.4) is 0 Å². The first-order chi connectivity index (χ1) is 13.9. The summed E-state index contributed by atoms with van der Waals surface area (Å²) in [6.45, 7) is 6.43. The number of nitrogens with two attached hydrogens (primary N) is 1. The number of aromatic nitrogens is 6. The van der Waals surface area contributed by atoms with E-state index in [1.807, 2.05) is 31.4 Å². The molecule has 3 heterocycles. The highest BCUT2D eigenvalue weighted by Gasteiger charge is 2.37. The highest BCUT2D eigenvalue weighted by atomic mass is 16.5. The second-order valence-corrected chi connectivity index (χ2v) is 7.56. The van der Waals surface area contributed by atoms with Gasteiger partial charge in [0, 0.05) is 31.2 Å². The number of aryl methyl sites for hydroxylation is 1. The molecule has 8 nitrogen and oxygen atoms in total. The van der Waals surface area contributed by atoms with Gasteiger partial charge in [0.1, 0.15) is 0 Å². The second kappa shape index (κ2) is 7.12. The van der Waals surface area contributed by atoms with E-state index in [9.17, 15) is 0 Å². The van der Waals surface area contributed by atoms with Gasteiger partial charge < -0.3 is 10.3 Å². The molecular weight excluding hydrogens is 366 g/mol. The molecule has 1 aromatic carbocycles. The maximum atomic E-state index is 5.58. The summed E-state index contributed by atoms with van der Waals surface area (Å²) < 4.78 is 7.23. The summed E-state index contributed by atoms with van der Waals surface area (Å²) in [5.74, 6) is 1.56. The normalized spacial score (nSPS) is 13.6. The topological polar surface area (TPSA) is 109 Å². The summed E-state index contributed by atoms with van der Waals surface area (Å²) in [5.41, 5.74) is 8.84. The number of hydrogen-bond donors (Lipinski definition) is 1. The van der Waals surface area contributed by atoms with Gasteiger partial charge in [-0.2, -0.15) is 10.1 Å². The molecule has 1 atom stereocenters. The van der Waals surface area contributed by atoms with Crippen LogP contribution in [-0.2, 0) is 12.5 Å². The zero-order chi connectivity index (χ0) is 20.6. The lowest BCUT2D eigenvalue weighted by Gasteiger charge is -2.31. The van der Waals surface area contributed by atoms with Crippen molar-refractivity contribution < 1.29 is 4.52 Å². The average Bonchev–Trinajstić information content (AvgIpc) is 3.37. The molecule has 0 aliphatic rings. The van der Waals surface area contributed by atoms with Crippen LogP contribution >= 0.6 is 0 Å². The Kier molecular flexibility index (Phi) is 4.62. The highest BCUT2D eigenvalue weighted by Crippen LogP contribution is 2.38. The number of hydrogen-bond acceptors (Lipinski definition) is 7. The molecule has 4 aromatic rings. The molecule has 0 amide bonds. The molecule has 2 N–H and O–H groups in total. The van der Waals surface area contributed by atoms with Crippen molar-refractivity contribution in [2.24, 2.45) is 13.0 Å². The van der Waals surface area contributed by atoms with Crippen LogP contribution in [0.15, 0.2) is 53.4 Å². The van der Waals surface area contributed by atoms with Gasteiger partial charge in [0.05, 0.1) is 5.41 Å². The Labute approximate surface area is 168 Å². The van der Waals surface area contributed by atoms with Gasteiger partial charge in [-0.3, -0.25) is 4.68 Å². The second-order valence-electron chi connectivity index (χ2n) is 7.56. The van der Waals surface area contributed by atoms with Crippen molar-refractivity contribution in [1.29, 1.82) is 0 Å². The third-order valence-electron chi connectivity index (χ3n) is 5.47. The van der Waals surface area contributed by atoms with Crippen molar-refractivity contribution >= 4 is 5.95 Å². The minimum Gasteiger partial charge on any atom is -0.368 e. The SMILES string of the molecule is CC(C)[C@@](C)(c1ccc(-c2cnc(N)nc2)cc1)c1noc(-c2ccn(C)n2)n1. The van der Waals surface area contributed by atoms with Crippen molar-refractivity contribution in [1.82, 2.24) is 29.9 Å². The summed E-state index contributed by atoms with van der Waals surface area (Å²) in [6.07, 6.45) is 5.29. The average molecular weight is 389 g/mol. The lowest BCUT2D eigenvalue weighted by molar-refractivity contribution is 0.350. The van der Waals surface area contributed by atoms with E-state index in [0.717, 1.165) is 16.7 Å². The highest BCUT2D eigenvalue weighted by molar-refractivity contribution is 5.62. The predicted octanol–water partition coefficient (Wildman–Crippen LogP) is 3.47. The minimum atomic E-state index is -0.424. The van der Waals surface area contributed by atoms with Crippen molar-refractivity contribution in [3.63, 3.8) is 0 Å². The fourth-order valence-corrected chi connectivity index (χ4v) is 3.28. The number of anilines is 1. The standard InChI is InChI=1S/C21H23N7O/c1-13(2)21(3,19-25-18(29-27-19)17-9-10-28(4)26-17)16-7-5-14(6-8-16)15-11-23-20(22)24-12-15/h5-13H,1-4H3,(H2,22,23,24)/t21-/m0/s1. The first-order valence-electron chi connectivity index (χ1n) is 9.40. The summed E-state index contributed by atoms with van der Waals surface area (Å²) in [5, 5.41) is 8.64.